The second kappa shape index (κ2) is 6.59. The molecule has 27 heavy (non-hydrogen) atoms. The number of nitrogens with zero attached hydrogens (tertiary/aromatic N) is 2. The average Bonchev–Trinajstić information content (AvgIpc) is 3.18. The van der Waals surface area contributed by atoms with Crippen LogP contribution in [0.25, 0.3) is 10.9 Å². The molecular weight excluding hydrogens is 364 g/mol. The number of carbonyl (C=O) groups is 3. The summed E-state index contributed by atoms with van der Waals surface area (Å²) in [6.07, 6.45) is 1.94. The van der Waals surface area contributed by atoms with Crippen LogP contribution in [-0.4, -0.2) is 38.7 Å². The van der Waals surface area contributed by atoms with E-state index in [0.29, 0.717) is 6.54 Å². The summed E-state index contributed by atoms with van der Waals surface area (Å²) >= 11 is 1.04. The zero-order valence-corrected chi connectivity index (χ0v) is 15.3. The lowest BCUT2D eigenvalue weighted by Gasteiger charge is -2.11. The van der Waals surface area contributed by atoms with Crippen LogP contribution in [0.3, 0.4) is 0 Å². The van der Waals surface area contributed by atoms with Gasteiger partial charge >= 0.3 is 5.97 Å². The number of imide groups is 1. The standard InChI is InChI=1S/C20H16N2O4S/c1-21-18(23)17(27-20(21)26)15-3-2-4-16-14(15)9-10-22(16)11-12-5-7-13(8-6-12)19(24)25/h2-10,17H,11H2,1H3,(H,24,25). The predicted octanol–water partition coefficient (Wildman–Crippen LogP) is 3.75. The molecule has 1 fully saturated rings. The van der Waals surface area contributed by atoms with Crippen molar-refractivity contribution in [2.75, 3.05) is 7.05 Å². The summed E-state index contributed by atoms with van der Waals surface area (Å²) in [5.41, 5.74) is 3.03. The maximum Gasteiger partial charge on any atom is 0.335 e. The van der Waals surface area contributed by atoms with Gasteiger partial charge in [-0.3, -0.25) is 14.5 Å². The van der Waals surface area contributed by atoms with E-state index in [2.05, 4.69) is 0 Å². The number of benzene rings is 2. The van der Waals surface area contributed by atoms with E-state index in [4.69, 9.17) is 5.11 Å². The fraction of sp³-hybridized carbons (Fsp3) is 0.150. The van der Waals surface area contributed by atoms with Gasteiger partial charge in [0, 0.05) is 30.7 Å². The molecule has 1 atom stereocenters. The largest absolute Gasteiger partial charge is 0.478 e. The van der Waals surface area contributed by atoms with E-state index in [9.17, 15) is 14.4 Å². The highest BCUT2D eigenvalue weighted by Crippen LogP contribution is 2.41. The Kier molecular flexibility index (Phi) is 4.24. The molecule has 3 aromatic rings. The topological polar surface area (TPSA) is 79.6 Å². The predicted molar refractivity (Wildman–Crippen MR) is 103 cm³/mol. The number of thioether (sulfide) groups is 1. The smallest absolute Gasteiger partial charge is 0.335 e. The molecule has 1 aliphatic heterocycles. The van der Waals surface area contributed by atoms with Crippen LogP contribution in [0.2, 0.25) is 0 Å². The molecule has 1 aromatic heterocycles. The third-order valence-electron chi connectivity index (χ3n) is 4.73. The maximum atomic E-state index is 12.4. The molecule has 1 aliphatic rings. The first-order valence-electron chi connectivity index (χ1n) is 8.34. The summed E-state index contributed by atoms with van der Waals surface area (Å²) in [6.45, 7) is 0.581. The van der Waals surface area contributed by atoms with Crippen molar-refractivity contribution in [1.29, 1.82) is 0 Å². The SMILES string of the molecule is CN1C(=O)SC(c2cccc3c2ccn3Cc2ccc(C(=O)O)cc2)C1=O. The Balaban J connectivity index is 1.67. The van der Waals surface area contributed by atoms with Crippen LogP contribution in [0, 0.1) is 0 Å². The summed E-state index contributed by atoms with van der Waals surface area (Å²) in [5, 5.41) is 9.19. The molecule has 2 aromatic carbocycles. The van der Waals surface area contributed by atoms with Crippen LogP contribution in [0.15, 0.2) is 54.7 Å². The zero-order chi connectivity index (χ0) is 19.1. The molecule has 1 N–H and O–H groups in total. The number of carbonyl (C=O) groups excluding carboxylic acids is 2. The number of rotatable bonds is 4. The van der Waals surface area contributed by atoms with Gasteiger partial charge < -0.3 is 9.67 Å². The summed E-state index contributed by atoms with van der Waals surface area (Å²) in [7, 11) is 1.50. The fourth-order valence-electron chi connectivity index (χ4n) is 3.26. The Labute approximate surface area is 159 Å². The Bertz CT molecular complexity index is 1070. The van der Waals surface area contributed by atoms with Gasteiger partial charge in [-0.25, -0.2) is 4.79 Å². The number of amides is 2. The molecule has 136 valence electrons. The average molecular weight is 380 g/mol. The first-order valence-corrected chi connectivity index (χ1v) is 9.22. The minimum atomic E-state index is -0.948. The summed E-state index contributed by atoms with van der Waals surface area (Å²) in [6, 6.07) is 14.5. The van der Waals surface area contributed by atoms with Gasteiger partial charge in [-0.2, -0.15) is 0 Å². The Morgan fingerprint density at radius 3 is 2.48 bits per heavy atom. The van der Waals surface area contributed by atoms with Crippen molar-refractivity contribution in [3.8, 4) is 0 Å². The summed E-state index contributed by atoms with van der Waals surface area (Å²) < 4.78 is 2.05. The van der Waals surface area contributed by atoms with E-state index in [1.54, 1.807) is 24.3 Å². The molecule has 2 amide bonds. The Morgan fingerprint density at radius 2 is 1.85 bits per heavy atom. The number of carboxylic acid groups (broad SMARTS) is 1. The molecule has 7 heteroatoms. The molecule has 6 nitrogen and oxygen atoms in total. The normalized spacial score (nSPS) is 17.1. The number of aromatic carboxylic acids is 1. The van der Waals surface area contributed by atoms with Crippen molar-refractivity contribution in [3.63, 3.8) is 0 Å². The third-order valence-corrected chi connectivity index (χ3v) is 5.90. The molecule has 0 bridgehead atoms. The Hall–Kier alpha value is -3.06. The lowest BCUT2D eigenvalue weighted by Crippen LogP contribution is -2.24. The second-order valence-electron chi connectivity index (χ2n) is 6.39. The van der Waals surface area contributed by atoms with Crippen molar-refractivity contribution in [1.82, 2.24) is 9.47 Å². The van der Waals surface area contributed by atoms with Gasteiger partial charge in [0.25, 0.3) is 5.24 Å². The lowest BCUT2D eigenvalue weighted by molar-refractivity contribution is -0.125. The minimum Gasteiger partial charge on any atom is -0.478 e. The molecular formula is C20H16N2O4S. The van der Waals surface area contributed by atoms with Crippen molar-refractivity contribution < 1.29 is 19.5 Å². The number of hydrogen-bond acceptors (Lipinski definition) is 4. The number of aromatic nitrogens is 1. The van der Waals surface area contributed by atoms with Gasteiger partial charge in [0.05, 0.1) is 5.56 Å². The second-order valence-corrected chi connectivity index (χ2v) is 7.44. The number of hydrogen-bond donors (Lipinski definition) is 1. The van der Waals surface area contributed by atoms with Crippen molar-refractivity contribution in [2.24, 2.45) is 0 Å². The number of likely N-dealkylation sites (N-methyl/N-ethyl adjacent to an activating group) is 1. The molecule has 0 saturated carbocycles. The van der Waals surface area contributed by atoms with E-state index < -0.39 is 11.2 Å². The molecule has 1 unspecified atom stereocenters. The first-order chi connectivity index (χ1) is 13.0. The van der Waals surface area contributed by atoms with E-state index in [1.807, 2.05) is 35.0 Å². The zero-order valence-electron chi connectivity index (χ0n) is 14.5. The Morgan fingerprint density at radius 1 is 1.11 bits per heavy atom. The third kappa shape index (κ3) is 3.00. The van der Waals surface area contributed by atoms with Crippen molar-refractivity contribution >= 4 is 39.8 Å². The summed E-state index contributed by atoms with van der Waals surface area (Å²) in [4.78, 5) is 36.4. The van der Waals surface area contributed by atoms with Crippen molar-refractivity contribution in [2.45, 2.75) is 11.8 Å². The molecule has 0 radical (unpaired) electrons. The maximum absolute atomic E-state index is 12.4. The highest BCUT2D eigenvalue weighted by Gasteiger charge is 2.38. The van der Waals surface area contributed by atoms with Crippen LogP contribution >= 0.6 is 11.8 Å². The van der Waals surface area contributed by atoms with Crippen LogP contribution < -0.4 is 0 Å². The monoisotopic (exact) mass is 380 g/mol. The van der Waals surface area contributed by atoms with Crippen LogP contribution in [0.4, 0.5) is 4.79 Å². The van der Waals surface area contributed by atoms with E-state index in [1.165, 1.54) is 7.05 Å². The van der Waals surface area contributed by atoms with Gasteiger partial charge in [0.15, 0.2) is 0 Å². The first kappa shape index (κ1) is 17.4. The van der Waals surface area contributed by atoms with Gasteiger partial charge in [-0.1, -0.05) is 24.3 Å². The van der Waals surface area contributed by atoms with E-state index in [0.717, 1.165) is 38.7 Å². The van der Waals surface area contributed by atoms with Gasteiger partial charge in [0.2, 0.25) is 5.91 Å². The van der Waals surface area contributed by atoms with Crippen LogP contribution in [0.1, 0.15) is 26.7 Å². The van der Waals surface area contributed by atoms with Crippen LogP contribution in [-0.2, 0) is 11.3 Å². The fourth-order valence-corrected chi connectivity index (χ4v) is 4.30. The molecule has 0 spiro atoms. The molecule has 2 heterocycles. The van der Waals surface area contributed by atoms with Gasteiger partial charge in [-0.15, -0.1) is 0 Å². The van der Waals surface area contributed by atoms with E-state index >= 15 is 0 Å². The highest BCUT2D eigenvalue weighted by atomic mass is 32.2. The molecule has 0 aliphatic carbocycles. The highest BCUT2D eigenvalue weighted by molar-refractivity contribution is 8.15. The van der Waals surface area contributed by atoms with Crippen molar-refractivity contribution in [3.05, 3.63) is 71.4 Å². The number of fused-ring (bicyclic) bond motifs is 1. The number of carboxylic acids is 1. The van der Waals surface area contributed by atoms with Crippen LogP contribution in [0.5, 0.6) is 0 Å². The lowest BCUT2D eigenvalue weighted by atomic mass is 10.1. The minimum absolute atomic E-state index is 0.200. The van der Waals surface area contributed by atoms with Gasteiger partial charge in [-0.05, 0) is 47.2 Å². The molecule has 4 rings (SSSR count). The summed E-state index contributed by atoms with van der Waals surface area (Å²) in [5.74, 6) is -1.15. The van der Waals surface area contributed by atoms with Gasteiger partial charge in [0.1, 0.15) is 5.25 Å². The quantitative estimate of drug-likeness (QED) is 0.746. The van der Waals surface area contributed by atoms with E-state index in [-0.39, 0.29) is 16.7 Å². The molecule has 1 saturated heterocycles.